The zero-order chi connectivity index (χ0) is 11.5. The SMILES string of the molecule is CC/C(C)=N\OC1(OC)N=NC(C)(C)O1. The summed E-state index contributed by atoms with van der Waals surface area (Å²) < 4.78 is 10.4. The second-order valence-electron chi connectivity index (χ2n) is 3.75. The highest BCUT2D eigenvalue weighted by Gasteiger charge is 2.47. The first-order valence-corrected chi connectivity index (χ1v) is 4.84. The molecule has 0 radical (unpaired) electrons. The Labute approximate surface area is 89.3 Å². The Morgan fingerprint density at radius 1 is 1.40 bits per heavy atom. The molecular formula is C9H17N3O3. The van der Waals surface area contributed by atoms with Gasteiger partial charge >= 0.3 is 6.10 Å². The average Bonchev–Trinajstić information content (AvgIpc) is 2.52. The van der Waals surface area contributed by atoms with Crippen LogP contribution in [0.2, 0.25) is 0 Å². The molecule has 1 atom stereocenters. The first-order chi connectivity index (χ1) is 6.93. The second kappa shape index (κ2) is 4.24. The average molecular weight is 215 g/mol. The minimum atomic E-state index is -1.53. The van der Waals surface area contributed by atoms with E-state index in [4.69, 9.17) is 14.3 Å². The Bertz CT molecular complexity index is 288. The molecule has 1 aliphatic rings. The van der Waals surface area contributed by atoms with E-state index in [1.165, 1.54) is 7.11 Å². The molecule has 0 spiro atoms. The maximum Gasteiger partial charge on any atom is 0.481 e. The molecule has 86 valence electrons. The molecule has 0 aromatic heterocycles. The van der Waals surface area contributed by atoms with Gasteiger partial charge in [0.05, 0.1) is 5.71 Å². The zero-order valence-corrected chi connectivity index (χ0v) is 9.77. The largest absolute Gasteiger partial charge is 0.481 e. The van der Waals surface area contributed by atoms with Crippen LogP contribution in [0, 0.1) is 0 Å². The molecule has 15 heavy (non-hydrogen) atoms. The van der Waals surface area contributed by atoms with Crippen LogP contribution in [0.25, 0.3) is 0 Å². The van der Waals surface area contributed by atoms with Gasteiger partial charge in [-0.1, -0.05) is 17.2 Å². The smallest absolute Gasteiger partial charge is 0.308 e. The van der Waals surface area contributed by atoms with Crippen molar-refractivity contribution in [3.05, 3.63) is 0 Å². The maximum absolute atomic E-state index is 5.40. The fraction of sp³-hybridized carbons (Fsp3) is 0.889. The van der Waals surface area contributed by atoms with Crippen LogP contribution < -0.4 is 0 Å². The summed E-state index contributed by atoms with van der Waals surface area (Å²) in [6, 6.07) is 0. The van der Waals surface area contributed by atoms with Crippen LogP contribution in [-0.4, -0.2) is 24.6 Å². The minimum Gasteiger partial charge on any atom is -0.308 e. The summed E-state index contributed by atoms with van der Waals surface area (Å²) in [7, 11) is 1.43. The van der Waals surface area contributed by atoms with Gasteiger partial charge in [-0.2, -0.15) is 0 Å². The Morgan fingerprint density at radius 2 is 2.07 bits per heavy atom. The highest BCUT2D eigenvalue weighted by molar-refractivity contribution is 5.80. The second-order valence-corrected chi connectivity index (χ2v) is 3.75. The third kappa shape index (κ3) is 2.97. The van der Waals surface area contributed by atoms with Gasteiger partial charge in [0.25, 0.3) is 0 Å². The lowest BCUT2D eigenvalue weighted by molar-refractivity contribution is -0.377. The van der Waals surface area contributed by atoms with Crippen molar-refractivity contribution in [2.24, 2.45) is 15.4 Å². The van der Waals surface area contributed by atoms with E-state index >= 15 is 0 Å². The van der Waals surface area contributed by atoms with E-state index in [-0.39, 0.29) is 0 Å². The van der Waals surface area contributed by atoms with Crippen molar-refractivity contribution >= 4 is 5.71 Å². The van der Waals surface area contributed by atoms with E-state index in [0.29, 0.717) is 0 Å². The molecular weight excluding hydrogens is 198 g/mol. The van der Waals surface area contributed by atoms with Crippen molar-refractivity contribution in [3.8, 4) is 0 Å². The van der Waals surface area contributed by atoms with Crippen LogP contribution >= 0.6 is 0 Å². The molecule has 0 amide bonds. The number of azo groups is 1. The quantitative estimate of drug-likeness (QED) is 0.410. The van der Waals surface area contributed by atoms with Crippen LogP contribution in [0.4, 0.5) is 0 Å². The summed E-state index contributed by atoms with van der Waals surface area (Å²) in [5, 5.41) is 11.5. The van der Waals surface area contributed by atoms with Crippen LogP contribution in [0.1, 0.15) is 34.1 Å². The van der Waals surface area contributed by atoms with Crippen LogP contribution in [0.15, 0.2) is 15.4 Å². The summed E-state index contributed by atoms with van der Waals surface area (Å²) in [5.74, 6) is 0. The normalized spacial score (nSPS) is 29.5. The lowest BCUT2D eigenvalue weighted by Gasteiger charge is -2.22. The van der Waals surface area contributed by atoms with Crippen molar-refractivity contribution in [1.82, 2.24) is 0 Å². The standard InChI is InChI=1S/C9H17N3O3/c1-6-7(2)10-15-9(13-5)12-11-8(3,4)14-9/h6H2,1-5H3/b10-7-. The molecule has 6 heteroatoms. The molecule has 0 saturated carbocycles. The van der Waals surface area contributed by atoms with Crippen LogP contribution in [-0.2, 0) is 14.3 Å². The van der Waals surface area contributed by atoms with Gasteiger partial charge in [0.1, 0.15) is 0 Å². The summed E-state index contributed by atoms with van der Waals surface area (Å²) in [5.41, 5.74) is 0.0842. The van der Waals surface area contributed by atoms with Crippen molar-refractivity contribution in [2.75, 3.05) is 7.11 Å². The van der Waals surface area contributed by atoms with Crippen molar-refractivity contribution in [2.45, 2.75) is 45.9 Å². The molecule has 0 aromatic rings. The van der Waals surface area contributed by atoms with Crippen LogP contribution in [0.3, 0.4) is 0 Å². The lowest BCUT2D eigenvalue weighted by Crippen LogP contribution is -2.36. The fourth-order valence-electron chi connectivity index (χ4n) is 0.895. The van der Waals surface area contributed by atoms with E-state index in [1.54, 1.807) is 13.8 Å². The molecule has 1 heterocycles. The predicted octanol–water partition coefficient (Wildman–Crippen LogP) is 2.27. The van der Waals surface area contributed by atoms with Crippen molar-refractivity contribution in [3.63, 3.8) is 0 Å². The monoisotopic (exact) mass is 215 g/mol. The van der Waals surface area contributed by atoms with E-state index in [0.717, 1.165) is 12.1 Å². The van der Waals surface area contributed by atoms with Crippen molar-refractivity contribution < 1.29 is 14.3 Å². The number of hydrogen-bond donors (Lipinski definition) is 0. The molecule has 1 rings (SSSR count). The highest BCUT2D eigenvalue weighted by Crippen LogP contribution is 2.33. The number of rotatable bonds is 4. The molecule has 0 saturated heterocycles. The van der Waals surface area contributed by atoms with E-state index in [1.807, 2.05) is 13.8 Å². The summed E-state index contributed by atoms with van der Waals surface area (Å²) in [6.45, 7) is 7.34. The number of nitrogens with zero attached hydrogens (tertiary/aromatic N) is 3. The van der Waals surface area contributed by atoms with Gasteiger partial charge in [0, 0.05) is 7.11 Å². The summed E-state index contributed by atoms with van der Waals surface area (Å²) >= 11 is 0. The third-order valence-electron chi connectivity index (χ3n) is 1.88. The maximum atomic E-state index is 5.40. The predicted molar refractivity (Wildman–Crippen MR) is 54.2 cm³/mol. The molecule has 0 bridgehead atoms. The first-order valence-electron chi connectivity index (χ1n) is 4.84. The molecule has 0 aromatic carbocycles. The number of methoxy groups -OCH3 is 1. The Hall–Kier alpha value is -1.01. The number of ether oxygens (including phenoxy) is 2. The summed E-state index contributed by atoms with van der Waals surface area (Å²) in [4.78, 5) is 5.11. The third-order valence-corrected chi connectivity index (χ3v) is 1.88. The molecule has 1 unspecified atom stereocenters. The Morgan fingerprint density at radius 3 is 2.47 bits per heavy atom. The van der Waals surface area contributed by atoms with Gasteiger partial charge in [-0.05, 0) is 27.2 Å². The van der Waals surface area contributed by atoms with E-state index < -0.39 is 11.8 Å². The van der Waals surface area contributed by atoms with Gasteiger partial charge in [-0.3, -0.25) is 9.47 Å². The highest BCUT2D eigenvalue weighted by atomic mass is 16.9. The molecule has 0 N–H and O–H groups in total. The number of oxime groups is 1. The fourth-order valence-corrected chi connectivity index (χ4v) is 0.895. The van der Waals surface area contributed by atoms with Gasteiger partial charge in [-0.15, -0.1) is 5.11 Å². The van der Waals surface area contributed by atoms with E-state index in [9.17, 15) is 0 Å². The van der Waals surface area contributed by atoms with Gasteiger partial charge in [0.15, 0.2) is 5.72 Å². The lowest BCUT2D eigenvalue weighted by atomic mass is 10.3. The van der Waals surface area contributed by atoms with E-state index in [2.05, 4.69) is 15.4 Å². The van der Waals surface area contributed by atoms with Gasteiger partial charge in [0.2, 0.25) is 0 Å². The summed E-state index contributed by atoms with van der Waals surface area (Å²) in [6.07, 6.45) is -0.736. The Kier molecular flexibility index (Phi) is 3.41. The number of hydrogen-bond acceptors (Lipinski definition) is 6. The van der Waals surface area contributed by atoms with Crippen molar-refractivity contribution in [1.29, 1.82) is 0 Å². The van der Waals surface area contributed by atoms with Gasteiger partial charge < -0.3 is 4.84 Å². The molecule has 1 aliphatic heterocycles. The Balaban J connectivity index is 2.69. The first kappa shape index (κ1) is 12.1. The van der Waals surface area contributed by atoms with Gasteiger partial charge in [-0.25, -0.2) is 0 Å². The molecule has 6 nitrogen and oxygen atoms in total. The molecule has 0 aliphatic carbocycles. The molecule has 0 fully saturated rings. The minimum absolute atomic E-state index is 0.744. The van der Waals surface area contributed by atoms with Crippen LogP contribution in [0.5, 0.6) is 0 Å². The zero-order valence-electron chi connectivity index (χ0n) is 9.77. The topological polar surface area (TPSA) is 64.8 Å².